The zero-order valence-corrected chi connectivity index (χ0v) is 12.3. The Hall–Kier alpha value is -1.87. The number of piperidine rings is 1. The van der Waals surface area contributed by atoms with Crippen molar-refractivity contribution in [1.82, 2.24) is 14.9 Å². The van der Waals surface area contributed by atoms with Gasteiger partial charge in [0.15, 0.2) is 0 Å². The maximum absolute atomic E-state index is 8.97. The fourth-order valence-corrected chi connectivity index (χ4v) is 2.08. The fourth-order valence-electron chi connectivity index (χ4n) is 2.08. The summed E-state index contributed by atoms with van der Waals surface area (Å²) in [6, 6.07) is 2.57. The van der Waals surface area contributed by atoms with Crippen molar-refractivity contribution in [2.75, 3.05) is 25.5 Å². The van der Waals surface area contributed by atoms with E-state index < -0.39 is 5.54 Å². The summed E-state index contributed by atoms with van der Waals surface area (Å²) in [7, 11) is 2.12. The molecule has 2 heterocycles. The van der Waals surface area contributed by atoms with Crippen LogP contribution in [0.5, 0.6) is 6.01 Å². The lowest BCUT2D eigenvalue weighted by Crippen LogP contribution is -2.36. The normalized spacial score (nSPS) is 17.5. The van der Waals surface area contributed by atoms with E-state index in [1.807, 2.05) is 0 Å². The number of nitrogens with one attached hydrogen (secondary N) is 1. The molecule has 6 nitrogen and oxygen atoms in total. The lowest BCUT2D eigenvalue weighted by molar-refractivity contribution is 0.105. The predicted octanol–water partition coefficient (Wildman–Crippen LogP) is 1.66. The average Bonchev–Trinajstić information content (AvgIpc) is 2.43. The van der Waals surface area contributed by atoms with Gasteiger partial charge in [0.2, 0.25) is 0 Å². The van der Waals surface area contributed by atoms with E-state index in [1.54, 1.807) is 26.2 Å². The Morgan fingerprint density at radius 3 is 2.50 bits per heavy atom. The second-order valence-electron chi connectivity index (χ2n) is 5.74. The molecular weight excluding hydrogens is 254 g/mol. The van der Waals surface area contributed by atoms with E-state index in [1.165, 1.54) is 0 Å². The van der Waals surface area contributed by atoms with Crippen LogP contribution in [0.2, 0.25) is 0 Å². The summed E-state index contributed by atoms with van der Waals surface area (Å²) in [5.74, 6) is 0. The maximum Gasteiger partial charge on any atom is 0.316 e. The number of aromatic nitrogens is 2. The average molecular weight is 275 g/mol. The molecule has 0 amide bonds. The maximum atomic E-state index is 8.97. The van der Waals surface area contributed by atoms with Crippen LogP contribution in [0, 0.1) is 11.3 Å². The number of hydrogen-bond acceptors (Lipinski definition) is 6. The van der Waals surface area contributed by atoms with Gasteiger partial charge in [-0.05, 0) is 33.7 Å². The van der Waals surface area contributed by atoms with E-state index >= 15 is 0 Å². The first-order valence-corrected chi connectivity index (χ1v) is 6.85. The number of nitriles is 1. The standard InChI is InChI=1S/C14H21N5O/c1-14(2,10-15)18-11-8-16-13(17-9-11)20-12-4-6-19(3)7-5-12/h8-9,12,18H,4-7H2,1-3H3. The molecule has 1 N–H and O–H groups in total. The number of anilines is 1. The second-order valence-corrected chi connectivity index (χ2v) is 5.74. The number of likely N-dealkylation sites (tertiary alicyclic amines) is 1. The van der Waals surface area contributed by atoms with E-state index in [0.29, 0.717) is 11.7 Å². The zero-order chi connectivity index (χ0) is 14.6. The van der Waals surface area contributed by atoms with Crippen LogP contribution in [0.25, 0.3) is 0 Å². The Kier molecular flexibility index (Phi) is 4.40. The molecule has 0 unspecified atom stereocenters. The van der Waals surface area contributed by atoms with Crippen molar-refractivity contribution in [2.45, 2.75) is 38.3 Å². The smallest absolute Gasteiger partial charge is 0.316 e. The number of nitrogens with zero attached hydrogens (tertiary/aromatic N) is 4. The molecular formula is C14H21N5O. The van der Waals surface area contributed by atoms with Gasteiger partial charge in [-0.15, -0.1) is 0 Å². The molecule has 1 aliphatic heterocycles. The largest absolute Gasteiger partial charge is 0.460 e. The van der Waals surface area contributed by atoms with Gasteiger partial charge in [0, 0.05) is 13.1 Å². The molecule has 1 aromatic rings. The molecule has 2 rings (SSSR count). The summed E-state index contributed by atoms with van der Waals surface area (Å²) in [6.07, 6.45) is 5.50. The Morgan fingerprint density at radius 2 is 1.95 bits per heavy atom. The summed E-state index contributed by atoms with van der Waals surface area (Å²) >= 11 is 0. The molecule has 0 bridgehead atoms. The highest BCUT2D eigenvalue weighted by molar-refractivity contribution is 5.43. The van der Waals surface area contributed by atoms with E-state index in [4.69, 9.17) is 10.00 Å². The van der Waals surface area contributed by atoms with Crippen LogP contribution in [0.3, 0.4) is 0 Å². The van der Waals surface area contributed by atoms with Crippen LogP contribution in [0.4, 0.5) is 5.69 Å². The van der Waals surface area contributed by atoms with Crippen molar-refractivity contribution in [3.63, 3.8) is 0 Å². The quantitative estimate of drug-likeness (QED) is 0.901. The summed E-state index contributed by atoms with van der Waals surface area (Å²) in [5.41, 5.74) is 0.0759. The van der Waals surface area contributed by atoms with Gasteiger partial charge in [-0.3, -0.25) is 0 Å². The molecule has 0 atom stereocenters. The molecule has 1 fully saturated rings. The molecule has 108 valence electrons. The van der Waals surface area contributed by atoms with Crippen LogP contribution in [0.1, 0.15) is 26.7 Å². The molecule has 1 aromatic heterocycles. The molecule has 0 aliphatic carbocycles. The lowest BCUT2D eigenvalue weighted by Gasteiger charge is -2.28. The zero-order valence-electron chi connectivity index (χ0n) is 12.3. The van der Waals surface area contributed by atoms with Crippen LogP contribution in [-0.4, -0.2) is 46.6 Å². The van der Waals surface area contributed by atoms with Gasteiger partial charge in [0.25, 0.3) is 0 Å². The van der Waals surface area contributed by atoms with Crippen LogP contribution in [0.15, 0.2) is 12.4 Å². The van der Waals surface area contributed by atoms with Gasteiger partial charge in [-0.1, -0.05) is 0 Å². The number of rotatable bonds is 4. The number of ether oxygens (including phenoxy) is 1. The van der Waals surface area contributed by atoms with Crippen LogP contribution < -0.4 is 10.1 Å². The minimum atomic E-state index is -0.639. The Balaban J connectivity index is 1.90. The van der Waals surface area contributed by atoms with Crippen molar-refractivity contribution in [1.29, 1.82) is 5.26 Å². The molecule has 0 aromatic carbocycles. The highest BCUT2D eigenvalue weighted by atomic mass is 16.5. The first-order valence-electron chi connectivity index (χ1n) is 6.85. The summed E-state index contributed by atoms with van der Waals surface area (Å²) in [5, 5.41) is 12.0. The SMILES string of the molecule is CN1CCC(Oc2ncc(NC(C)(C)C#N)cn2)CC1. The van der Waals surface area contributed by atoms with Gasteiger partial charge >= 0.3 is 6.01 Å². The number of hydrogen-bond donors (Lipinski definition) is 1. The molecule has 0 spiro atoms. The second kappa shape index (κ2) is 6.06. The summed E-state index contributed by atoms with van der Waals surface area (Å²) < 4.78 is 5.77. The molecule has 20 heavy (non-hydrogen) atoms. The third-order valence-corrected chi connectivity index (χ3v) is 3.30. The topological polar surface area (TPSA) is 74.1 Å². The Labute approximate surface area is 119 Å². The Morgan fingerprint density at radius 1 is 1.35 bits per heavy atom. The third-order valence-electron chi connectivity index (χ3n) is 3.30. The summed E-state index contributed by atoms with van der Waals surface area (Å²) in [6.45, 7) is 5.69. The predicted molar refractivity (Wildman–Crippen MR) is 76.5 cm³/mol. The van der Waals surface area contributed by atoms with Gasteiger partial charge in [0.05, 0.1) is 24.2 Å². The molecule has 0 radical (unpaired) electrons. The van der Waals surface area contributed by atoms with Crippen LogP contribution >= 0.6 is 0 Å². The van der Waals surface area contributed by atoms with Crippen molar-refractivity contribution in [2.24, 2.45) is 0 Å². The van der Waals surface area contributed by atoms with Gasteiger partial charge in [0.1, 0.15) is 11.6 Å². The highest BCUT2D eigenvalue weighted by Gasteiger charge is 2.19. The van der Waals surface area contributed by atoms with Gasteiger partial charge < -0.3 is 15.0 Å². The van der Waals surface area contributed by atoms with Gasteiger partial charge in [-0.2, -0.15) is 5.26 Å². The van der Waals surface area contributed by atoms with E-state index in [0.717, 1.165) is 25.9 Å². The monoisotopic (exact) mass is 275 g/mol. The van der Waals surface area contributed by atoms with E-state index in [9.17, 15) is 0 Å². The van der Waals surface area contributed by atoms with E-state index in [2.05, 4.69) is 33.3 Å². The van der Waals surface area contributed by atoms with Crippen molar-refractivity contribution in [3.8, 4) is 12.1 Å². The van der Waals surface area contributed by atoms with E-state index in [-0.39, 0.29) is 6.10 Å². The first-order chi connectivity index (χ1) is 9.48. The minimum Gasteiger partial charge on any atom is -0.460 e. The van der Waals surface area contributed by atoms with Crippen molar-refractivity contribution < 1.29 is 4.74 Å². The first kappa shape index (κ1) is 14.5. The Bertz CT molecular complexity index is 471. The summed E-state index contributed by atoms with van der Waals surface area (Å²) in [4.78, 5) is 10.7. The highest BCUT2D eigenvalue weighted by Crippen LogP contribution is 2.17. The van der Waals surface area contributed by atoms with Crippen molar-refractivity contribution >= 4 is 5.69 Å². The van der Waals surface area contributed by atoms with Crippen LogP contribution in [-0.2, 0) is 0 Å². The third kappa shape index (κ3) is 4.07. The minimum absolute atomic E-state index is 0.195. The fraction of sp³-hybridized carbons (Fsp3) is 0.643. The lowest BCUT2D eigenvalue weighted by atomic mass is 10.1. The molecule has 6 heteroatoms. The molecule has 1 aliphatic rings. The van der Waals surface area contributed by atoms with Gasteiger partial charge in [-0.25, -0.2) is 9.97 Å². The molecule has 1 saturated heterocycles. The van der Waals surface area contributed by atoms with Crippen molar-refractivity contribution in [3.05, 3.63) is 12.4 Å². The molecule has 0 saturated carbocycles.